The maximum absolute atomic E-state index is 12.0. The summed E-state index contributed by atoms with van der Waals surface area (Å²) in [5, 5.41) is 12.3. The predicted molar refractivity (Wildman–Crippen MR) is 114 cm³/mol. The molecule has 2 aromatic carbocycles. The van der Waals surface area contributed by atoms with E-state index in [0.717, 1.165) is 10.0 Å². The number of ether oxygens (including phenoxy) is 1. The highest BCUT2D eigenvalue weighted by Crippen LogP contribution is 2.35. The topological polar surface area (TPSA) is 62.1 Å². The second kappa shape index (κ2) is 9.93. The van der Waals surface area contributed by atoms with Crippen molar-refractivity contribution in [1.82, 2.24) is 5.32 Å². The fourth-order valence-electron chi connectivity index (χ4n) is 2.19. The monoisotopic (exact) mass is 510 g/mol. The predicted octanol–water partition coefficient (Wildman–Crippen LogP) is 5.88. The molecular formula is C20H17Br2ClN2O2. The highest BCUT2D eigenvalue weighted by atomic mass is 79.9. The number of benzene rings is 2. The average Bonchev–Trinajstić information content (AvgIpc) is 2.59. The standard InChI is InChI=1S/C20H17Br2ClN2O2/c1-12(2)25-20(26)15(10-24)7-14-8-17(22)19(18(23)9-14)27-11-13-3-5-16(21)6-4-13/h3-9,12H,11H2,1-2H3,(H,25,26)/b15-7-. The number of carbonyl (C=O) groups is 1. The van der Waals surface area contributed by atoms with Gasteiger partial charge in [-0.1, -0.05) is 39.7 Å². The molecule has 0 saturated carbocycles. The van der Waals surface area contributed by atoms with Crippen LogP contribution in [0.5, 0.6) is 5.75 Å². The molecule has 0 aromatic heterocycles. The number of nitrogens with zero attached hydrogens (tertiary/aromatic N) is 1. The molecule has 0 saturated heterocycles. The molecule has 2 rings (SSSR count). The van der Waals surface area contributed by atoms with Crippen molar-refractivity contribution in [3.63, 3.8) is 0 Å². The van der Waals surface area contributed by atoms with E-state index in [1.54, 1.807) is 12.1 Å². The van der Waals surface area contributed by atoms with Crippen LogP contribution in [0.3, 0.4) is 0 Å². The van der Waals surface area contributed by atoms with Crippen LogP contribution in [0.15, 0.2) is 50.9 Å². The van der Waals surface area contributed by atoms with Crippen LogP contribution in [0, 0.1) is 11.3 Å². The summed E-state index contributed by atoms with van der Waals surface area (Å²) in [6, 6.07) is 13.1. The summed E-state index contributed by atoms with van der Waals surface area (Å²) in [7, 11) is 0. The molecule has 0 fully saturated rings. The number of carbonyl (C=O) groups excluding carboxylic acids is 1. The van der Waals surface area contributed by atoms with Gasteiger partial charge < -0.3 is 10.1 Å². The van der Waals surface area contributed by atoms with E-state index >= 15 is 0 Å². The van der Waals surface area contributed by atoms with Gasteiger partial charge in [0.25, 0.3) is 5.91 Å². The minimum Gasteiger partial charge on any atom is -0.486 e. The summed E-state index contributed by atoms with van der Waals surface area (Å²) in [5.74, 6) is 0.0807. The molecule has 1 amide bonds. The fourth-order valence-corrected chi connectivity index (χ4v) is 3.45. The Morgan fingerprint density at radius 3 is 2.52 bits per heavy atom. The Morgan fingerprint density at radius 1 is 1.30 bits per heavy atom. The van der Waals surface area contributed by atoms with E-state index in [4.69, 9.17) is 16.3 Å². The third-order valence-corrected chi connectivity index (χ3v) is 4.81. The normalized spacial score (nSPS) is 11.2. The zero-order chi connectivity index (χ0) is 20.0. The third-order valence-electron chi connectivity index (χ3n) is 3.41. The van der Waals surface area contributed by atoms with Crippen molar-refractivity contribution in [1.29, 1.82) is 5.26 Å². The second-order valence-electron chi connectivity index (χ2n) is 6.03. The van der Waals surface area contributed by atoms with Crippen molar-refractivity contribution in [2.75, 3.05) is 0 Å². The highest BCUT2D eigenvalue weighted by molar-refractivity contribution is 9.10. The molecule has 0 radical (unpaired) electrons. The molecule has 0 aliphatic heterocycles. The van der Waals surface area contributed by atoms with Gasteiger partial charge in [0.15, 0.2) is 5.75 Å². The average molecular weight is 513 g/mol. The van der Waals surface area contributed by atoms with E-state index in [-0.39, 0.29) is 11.6 Å². The van der Waals surface area contributed by atoms with Crippen molar-refractivity contribution in [2.45, 2.75) is 26.5 Å². The number of hydrogen-bond acceptors (Lipinski definition) is 3. The van der Waals surface area contributed by atoms with Crippen molar-refractivity contribution in [3.8, 4) is 11.8 Å². The van der Waals surface area contributed by atoms with Crippen LogP contribution in [0.4, 0.5) is 0 Å². The molecular weight excluding hydrogens is 495 g/mol. The molecule has 0 unspecified atom stereocenters. The largest absolute Gasteiger partial charge is 0.486 e. The number of hydrogen-bond donors (Lipinski definition) is 1. The zero-order valence-corrected chi connectivity index (χ0v) is 18.7. The van der Waals surface area contributed by atoms with Gasteiger partial charge in [0.1, 0.15) is 18.2 Å². The van der Waals surface area contributed by atoms with Gasteiger partial charge in [-0.3, -0.25) is 4.79 Å². The maximum Gasteiger partial charge on any atom is 0.262 e. The van der Waals surface area contributed by atoms with Crippen molar-refractivity contribution in [2.24, 2.45) is 0 Å². The summed E-state index contributed by atoms with van der Waals surface area (Å²) in [4.78, 5) is 12.0. The van der Waals surface area contributed by atoms with E-state index in [1.807, 2.05) is 44.2 Å². The summed E-state index contributed by atoms with van der Waals surface area (Å²) in [6.07, 6.45) is 1.49. The SMILES string of the molecule is CC(C)NC(=O)/C(C#N)=C\c1cc(Cl)c(OCc2ccc(Br)cc2)c(Br)c1. The summed E-state index contributed by atoms with van der Waals surface area (Å²) < 4.78 is 7.46. The van der Waals surface area contributed by atoms with Gasteiger partial charge in [-0.2, -0.15) is 5.26 Å². The van der Waals surface area contributed by atoms with E-state index in [2.05, 4.69) is 37.2 Å². The molecule has 7 heteroatoms. The second-order valence-corrected chi connectivity index (χ2v) is 8.20. The molecule has 0 bridgehead atoms. The van der Waals surface area contributed by atoms with E-state index < -0.39 is 5.91 Å². The highest BCUT2D eigenvalue weighted by Gasteiger charge is 2.13. The molecule has 140 valence electrons. The minimum absolute atomic E-state index is 0.00944. The van der Waals surface area contributed by atoms with Gasteiger partial charge >= 0.3 is 0 Å². The van der Waals surface area contributed by atoms with Crippen molar-refractivity contribution < 1.29 is 9.53 Å². The quantitative estimate of drug-likeness (QED) is 0.389. The Bertz CT molecular complexity index is 880. The lowest BCUT2D eigenvalue weighted by Gasteiger charge is -2.12. The lowest BCUT2D eigenvalue weighted by atomic mass is 10.1. The summed E-state index contributed by atoms with van der Waals surface area (Å²) >= 11 is 13.2. The van der Waals surface area contributed by atoms with Crippen LogP contribution in [-0.2, 0) is 11.4 Å². The maximum atomic E-state index is 12.0. The van der Waals surface area contributed by atoms with Gasteiger partial charge in [0, 0.05) is 10.5 Å². The molecule has 4 nitrogen and oxygen atoms in total. The Kier molecular flexibility index (Phi) is 7.91. The van der Waals surface area contributed by atoms with Crippen LogP contribution in [0.2, 0.25) is 5.02 Å². The van der Waals surface area contributed by atoms with Crippen LogP contribution < -0.4 is 10.1 Å². The van der Waals surface area contributed by atoms with Crippen LogP contribution in [0.1, 0.15) is 25.0 Å². The zero-order valence-electron chi connectivity index (χ0n) is 14.7. The minimum atomic E-state index is -0.421. The molecule has 2 aromatic rings. The molecule has 1 N–H and O–H groups in total. The van der Waals surface area contributed by atoms with Gasteiger partial charge in [-0.25, -0.2) is 0 Å². The molecule has 0 heterocycles. The van der Waals surface area contributed by atoms with E-state index in [9.17, 15) is 10.1 Å². The number of amides is 1. The Hall–Kier alpha value is -1.81. The lowest BCUT2D eigenvalue weighted by Crippen LogP contribution is -2.30. The van der Waals surface area contributed by atoms with E-state index in [0.29, 0.717) is 27.4 Å². The number of nitrogens with one attached hydrogen (secondary N) is 1. The first-order valence-corrected chi connectivity index (χ1v) is 10.1. The van der Waals surface area contributed by atoms with Crippen LogP contribution in [0.25, 0.3) is 6.08 Å². The van der Waals surface area contributed by atoms with Crippen LogP contribution in [-0.4, -0.2) is 11.9 Å². The molecule has 27 heavy (non-hydrogen) atoms. The molecule has 0 spiro atoms. The molecule has 0 aliphatic rings. The molecule has 0 atom stereocenters. The first kappa shape index (κ1) is 21.5. The van der Waals surface area contributed by atoms with Gasteiger partial charge in [0.2, 0.25) is 0 Å². The Labute approximate surface area is 180 Å². The van der Waals surface area contributed by atoms with Gasteiger partial charge in [-0.05, 0) is 71.2 Å². The number of nitriles is 1. The fraction of sp³-hybridized carbons (Fsp3) is 0.200. The van der Waals surface area contributed by atoms with E-state index in [1.165, 1.54) is 6.08 Å². The first-order chi connectivity index (χ1) is 12.8. The first-order valence-electron chi connectivity index (χ1n) is 8.09. The Morgan fingerprint density at radius 2 is 1.96 bits per heavy atom. The molecule has 0 aliphatic carbocycles. The number of halogens is 3. The smallest absolute Gasteiger partial charge is 0.262 e. The summed E-state index contributed by atoms with van der Waals surface area (Å²) in [6.45, 7) is 4.02. The van der Waals surface area contributed by atoms with Crippen molar-refractivity contribution >= 4 is 55.4 Å². The lowest BCUT2D eigenvalue weighted by molar-refractivity contribution is -0.117. The number of rotatable bonds is 6. The Balaban J connectivity index is 2.20. The van der Waals surface area contributed by atoms with Crippen molar-refractivity contribution in [3.05, 3.63) is 67.1 Å². The third kappa shape index (κ3) is 6.39. The van der Waals surface area contributed by atoms with Crippen LogP contribution >= 0.6 is 43.5 Å². The van der Waals surface area contributed by atoms with Gasteiger partial charge in [0.05, 0.1) is 9.50 Å². The summed E-state index contributed by atoms with van der Waals surface area (Å²) in [5.41, 5.74) is 1.63. The van der Waals surface area contributed by atoms with Gasteiger partial charge in [-0.15, -0.1) is 0 Å².